The van der Waals surface area contributed by atoms with E-state index < -0.39 is 0 Å². The first kappa shape index (κ1) is 14.3. The topological polar surface area (TPSA) is 53.8 Å². The lowest BCUT2D eigenvalue weighted by molar-refractivity contribution is -0.138. The molecule has 0 saturated carbocycles. The maximum atomic E-state index is 12.9. The predicted molar refractivity (Wildman–Crippen MR) is 86.3 cm³/mol. The highest BCUT2D eigenvalue weighted by molar-refractivity contribution is 7.11. The van der Waals surface area contributed by atoms with Crippen molar-refractivity contribution in [3.8, 4) is 0 Å². The van der Waals surface area contributed by atoms with Crippen LogP contribution in [0.15, 0.2) is 46.0 Å². The fourth-order valence-corrected chi connectivity index (χ4v) is 3.90. The maximum Gasteiger partial charge on any atom is 0.278 e. The first-order chi connectivity index (χ1) is 11.3. The second kappa shape index (κ2) is 5.70. The Morgan fingerprint density at radius 3 is 2.57 bits per heavy atom. The Balaban J connectivity index is 1.73. The first-order valence-electron chi connectivity index (χ1n) is 7.67. The van der Waals surface area contributed by atoms with E-state index in [2.05, 4.69) is 4.90 Å². The van der Waals surface area contributed by atoms with Crippen molar-refractivity contribution in [1.82, 2.24) is 9.80 Å². The number of imide groups is 1. The smallest absolute Gasteiger partial charge is 0.278 e. The molecule has 2 aliphatic heterocycles. The number of carbonyl (C=O) groups excluding carboxylic acids is 2. The van der Waals surface area contributed by atoms with Crippen LogP contribution in [0.1, 0.15) is 23.5 Å². The molecule has 2 amide bonds. The molecule has 0 atom stereocenters. The van der Waals surface area contributed by atoms with E-state index >= 15 is 0 Å². The highest BCUT2D eigenvalue weighted by Crippen LogP contribution is 2.35. The van der Waals surface area contributed by atoms with Crippen LogP contribution in [-0.2, 0) is 16.1 Å². The summed E-state index contributed by atoms with van der Waals surface area (Å²) in [5.74, 6) is 0.173. The zero-order valence-corrected chi connectivity index (χ0v) is 13.3. The Bertz CT molecular complexity index is 756. The van der Waals surface area contributed by atoms with Crippen LogP contribution in [0.2, 0.25) is 0 Å². The van der Waals surface area contributed by atoms with Gasteiger partial charge in [-0.1, -0.05) is 6.07 Å². The summed E-state index contributed by atoms with van der Waals surface area (Å²) >= 11 is 1.49. The van der Waals surface area contributed by atoms with Crippen LogP contribution in [-0.4, -0.2) is 34.7 Å². The standard InChI is InChI=1S/C17H16N2O3S/c20-16-14(13-6-4-10-23-13)15(18-7-1-2-8-18)17(21)19(16)11-12-5-3-9-22-12/h3-6,9-10H,1-2,7-8,11H2. The number of amides is 2. The summed E-state index contributed by atoms with van der Waals surface area (Å²) in [6.07, 6.45) is 3.66. The molecule has 118 valence electrons. The van der Waals surface area contributed by atoms with Gasteiger partial charge in [0.25, 0.3) is 11.8 Å². The fourth-order valence-electron chi connectivity index (χ4n) is 3.14. The Morgan fingerprint density at radius 2 is 1.91 bits per heavy atom. The number of thiophene rings is 1. The van der Waals surface area contributed by atoms with Gasteiger partial charge >= 0.3 is 0 Å². The number of rotatable bonds is 4. The van der Waals surface area contributed by atoms with Crippen LogP contribution in [0.5, 0.6) is 0 Å². The number of hydrogen-bond acceptors (Lipinski definition) is 5. The molecule has 1 saturated heterocycles. The third kappa shape index (κ3) is 2.39. The Kier molecular flexibility index (Phi) is 3.53. The molecule has 5 nitrogen and oxygen atoms in total. The average Bonchev–Trinajstić information content (AvgIpc) is 3.32. The molecule has 4 heterocycles. The van der Waals surface area contributed by atoms with Gasteiger partial charge < -0.3 is 9.32 Å². The molecule has 0 unspecified atom stereocenters. The van der Waals surface area contributed by atoms with Crippen molar-refractivity contribution >= 4 is 28.7 Å². The van der Waals surface area contributed by atoms with Gasteiger partial charge in [-0.25, -0.2) is 0 Å². The number of hydrogen-bond donors (Lipinski definition) is 0. The van der Waals surface area contributed by atoms with E-state index in [1.165, 1.54) is 16.2 Å². The molecule has 2 aromatic rings. The average molecular weight is 328 g/mol. The van der Waals surface area contributed by atoms with Gasteiger partial charge in [-0.05, 0) is 36.4 Å². The molecule has 0 N–H and O–H groups in total. The van der Waals surface area contributed by atoms with Gasteiger partial charge in [-0.15, -0.1) is 11.3 Å². The lowest BCUT2D eigenvalue weighted by Crippen LogP contribution is -2.33. The zero-order chi connectivity index (χ0) is 15.8. The molecule has 2 aliphatic rings. The van der Waals surface area contributed by atoms with Gasteiger partial charge in [0.15, 0.2) is 0 Å². The van der Waals surface area contributed by atoms with E-state index in [9.17, 15) is 9.59 Å². The van der Waals surface area contributed by atoms with E-state index in [-0.39, 0.29) is 18.4 Å². The number of carbonyl (C=O) groups is 2. The normalized spacial score (nSPS) is 18.6. The molecule has 0 aliphatic carbocycles. The van der Waals surface area contributed by atoms with Crippen LogP contribution in [0.3, 0.4) is 0 Å². The molecule has 1 fully saturated rings. The summed E-state index contributed by atoms with van der Waals surface area (Å²) < 4.78 is 5.30. The molecule has 0 aromatic carbocycles. The lowest BCUT2D eigenvalue weighted by Gasteiger charge is -2.19. The summed E-state index contributed by atoms with van der Waals surface area (Å²) in [7, 11) is 0. The molecule has 4 rings (SSSR count). The summed E-state index contributed by atoms with van der Waals surface area (Å²) in [5, 5.41) is 1.93. The molecule has 0 radical (unpaired) electrons. The SMILES string of the molecule is O=C1C(c2cccs2)=C(N2CCCC2)C(=O)N1Cc1ccco1. The minimum absolute atomic E-state index is 0.177. The van der Waals surface area contributed by atoms with Gasteiger partial charge in [-0.2, -0.15) is 0 Å². The molecule has 6 heteroatoms. The van der Waals surface area contributed by atoms with Gasteiger partial charge in [-0.3, -0.25) is 14.5 Å². The van der Waals surface area contributed by atoms with Crippen LogP contribution in [0.4, 0.5) is 0 Å². The van der Waals surface area contributed by atoms with Crippen molar-refractivity contribution in [2.45, 2.75) is 19.4 Å². The summed E-state index contributed by atoms with van der Waals surface area (Å²) in [6.45, 7) is 1.84. The van der Waals surface area contributed by atoms with Crippen LogP contribution >= 0.6 is 11.3 Å². The molecule has 2 aromatic heterocycles. The van der Waals surface area contributed by atoms with Crippen molar-refractivity contribution < 1.29 is 14.0 Å². The summed E-state index contributed by atoms with van der Waals surface area (Å²) in [5.41, 5.74) is 1.10. The minimum atomic E-state index is -0.226. The summed E-state index contributed by atoms with van der Waals surface area (Å²) in [4.78, 5) is 30.0. The van der Waals surface area contributed by atoms with Crippen LogP contribution in [0.25, 0.3) is 5.57 Å². The third-order valence-electron chi connectivity index (χ3n) is 4.23. The van der Waals surface area contributed by atoms with Gasteiger partial charge in [0, 0.05) is 18.0 Å². The predicted octanol–water partition coefficient (Wildman–Crippen LogP) is 2.72. The van der Waals surface area contributed by atoms with E-state index in [0.29, 0.717) is 17.0 Å². The van der Waals surface area contributed by atoms with E-state index in [4.69, 9.17) is 4.42 Å². The van der Waals surface area contributed by atoms with Crippen LogP contribution in [0, 0.1) is 0 Å². The first-order valence-corrected chi connectivity index (χ1v) is 8.55. The largest absolute Gasteiger partial charge is 0.467 e. The zero-order valence-electron chi connectivity index (χ0n) is 12.5. The molecule has 23 heavy (non-hydrogen) atoms. The van der Waals surface area contributed by atoms with E-state index in [1.54, 1.807) is 18.4 Å². The highest BCUT2D eigenvalue weighted by atomic mass is 32.1. The quantitative estimate of drug-likeness (QED) is 0.810. The molecule has 0 bridgehead atoms. The Hall–Kier alpha value is -2.34. The van der Waals surface area contributed by atoms with Crippen molar-refractivity contribution in [3.63, 3.8) is 0 Å². The van der Waals surface area contributed by atoms with E-state index in [0.717, 1.165) is 30.8 Å². The van der Waals surface area contributed by atoms with Crippen LogP contribution < -0.4 is 0 Å². The van der Waals surface area contributed by atoms with E-state index in [1.807, 2.05) is 17.5 Å². The van der Waals surface area contributed by atoms with Crippen molar-refractivity contribution in [1.29, 1.82) is 0 Å². The van der Waals surface area contributed by atoms with Crippen molar-refractivity contribution in [2.24, 2.45) is 0 Å². The van der Waals surface area contributed by atoms with Crippen molar-refractivity contribution in [3.05, 3.63) is 52.2 Å². The monoisotopic (exact) mass is 328 g/mol. The second-order valence-corrected chi connectivity index (χ2v) is 6.62. The fraction of sp³-hybridized carbons (Fsp3) is 0.294. The number of likely N-dealkylation sites (tertiary alicyclic amines) is 1. The minimum Gasteiger partial charge on any atom is -0.467 e. The molecular formula is C17H16N2O3S. The maximum absolute atomic E-state index is 12.9. The third-order valence-corrected chi connectivity index (χ3v) is 5.11. The highest BCUT2D eigenvalue weighted by Gasteiger charge is 2.42. The lowest BCUT2D eigenvalue weighted by atomic mass is 10.2. The molecular weight excluding hydrogens is 312 g/mol. The number of nitrogens with zero attached hydrogens (tertiary/aromatic N) is 2. The molecule has 0 spiro atoms. The summed E-state index contributed by atoms with van der Waals surface area (Å²) in [6, 6.07) is 7.34. The Morgan fingerprint density at radius 1 is 1.09 bits per heavy atom. The van der Waals surface area contributed by atoms with Gasteiger partial charge in [0.2, 0.25) is 0 Å². The van der Waals surface area contributed by atoms with Crippen molar-refractivity contribution in [2.75, 3.05) is 13.1 Å². The second-order valence-electron chi connectivity index (χ2n) is 5.67. The van der Waals surface area contributed by atoms with Gasteiger partial charge in [0.05, 0.1) is 18.4 Å². The number of furan rings is 1. The Labute approximate surface area is 137 Å². The van der Waals surface area contributed by atoms with Gasteiger partial charge in [0.1, 0.15) is 11.5 Å².